The number of aliphatic hydroxyl groups excluding tert-OH is 1. The van der Waals surface area contributed by atoms with E-state index in [1.165, 1.54) is 0 Å². The van der Waals surface area contributed by atoms with Gasteiger partial charge in [0.05, 0.1) is 0 Å². The molecule has 0 bridgehead atoms. The number of rotatable bonds is 0. The maximum Gasteiger partial charge on any atom is 1.00 e. The molecule has 0 saturated heterocycles. The van der Waals surface area contributed by atoms with Gasteiger partial charge in [0.15, 0.2) is 0 Å². The van der Waals surface area contributed by atoms with Crippen LogP contribution < -0.4 is 56.5 Å². The molecule has 2 N–H and O–H groups in total. The molecule has 0 saturated carbocycles. The Morgan fingerprint density at radius 3 is 1.62 bits per heavy atom. The predicted molar refractivity (Wildman–Crippen MR) is 15.9 cm³/mol. The number of nitrogens with zero attached hydrogens (tertiary/aromatic N) is 1. The van der Waals surface area contributed by atoms with Crippen LogP contribution in [0.1, 0.15) is 0 Å². The Morgan fingerprint density at radius 2 is 1.62 bits per heavy atom. The van der Waals surface area contributed by atoms with E-state index in [0.717, 1.165) is 0 Å². The molecule has 0 heterocycles. The third-order valence-corrected chi connectivity index (χ3v) is 0. The van der Waals surface area contributed by atoms with Gasteiger partial charge in [-0.2, -0.15) is 0 Å². The Morgan fingerprint density at radius 1 is 1.62 bits per heavy atom. The number of aliphatic hydroxyl groups is 1. The molecule has 0 aromatic rings. The first kappa shape index (κ1) is 15.9. The minimum atomic E-state index is -1.50. The van der Waals surface area contributed by atoms with Gasteiger partial charge in [-0.3, -0.25) is 0 Å². The molecule has 0 spiro atoms. The van der Waals surface area contributed by atoms with Crippen molar-refractivity contribution in [1.29, 1.82) is 0 Å². The van der Waals surface area contributed by atoms with E-state index in [9.17, 15) is 0 Å². The second-order valence-corrected chi connectivity index (χ2v) is 0.367. The average molecular weight is 149 g/mol. The van der Waals surface area contributed by atoms with Crippen molar-refractivity contribution in [3.05, 3.63) is 10.1 Å². The van der Waals surface area contributed by atoms with Crippen molar-refractivity contribution in [2.75, 3.05) is 6.79 Å². The molecule has 0 aromatic heterocycles. The quantitative estimate of drug-likeness (QED) is 0.155. The molecule has 8 heavy (non-hydrogen) atoms. The molecule has 0 unspecified atom stereocenters. The molecule has 0 aromatic carbocycles. The van der Waals surface area contributed by atoms with Gasteiger partial charge >= 0.3 is 51.4 Å². The third kappa shape index (κ3) is 391. The standard InChI is InChI=1S/CH3O2.K.HNO3/c2-1-3;;2-1(3)4/h2H,1H2;;(H,2,3,4)/q-1;+1;. The van der Waals surface area contributed by atoms with E-state index in [2.05, 4.69) is 0 Å². The van der Waals surface area contributed by atoms with Gasteiger partial charge < -0.3 is 15.4 Å². The Bertz CT molecular complexity index is 43.7. The van der Waals surface area contributed by atoms with Gasteiger partial charge in [0.1, 0.15) is 0 Å². The molecular formula is CH4KNO5. The number of hydrogen-bond acceptors (Lipinski definition) is 4. The molecule has 0 radical (unpaired) electrons. The van der Waals surface area contributed by atoms with E-state index in [4.69, 9.17) is 25.5 Å². The van der Waals surface area contributed by atoms with E-state index in [1.807, 2.05) is 0 Å². The zero-order chi connectivity index (χ0) is 6.28. The van der Waals surface area contributed by atoms with Gasteiger partial charge in [-0.25, -0.2) is 0 Å². The van der Waals surface area contributed by atoms with Crippen molar-refractivity contribution in [3.8, 4) is 0 Å². The Labute approximate surface area is 87.7 Å². The first-order valence-corrected chi connectivity index (χ1v) is 1.17. The summed E-state index contributed by atoms with van der Waals surface area (Å²) >= 11 is 0. The monoisotopic (exact) mass is 149 g/mol. The summed E-state index contributed by atoms with van der Waals surface area (Å²) in [7, 11) is 0. The van der Waals surface area contributed by atoms with Crippen LogP contribution in [0.25, 0.3) is 0 Å². The third-order valence-electron chi connectivity index (χ3n) is 0. The minimum absolute atomic E-state index is 0. The van der Waals surface area contributed by atoms with Crippen molar-refractivity contribution < 1.29 is 71.9 Å². The summed E-state index contributed by atoms with van der Waals surface area (Å²) in [6.45, 7) is -1.00. The maximum absolute atomic E-state index is 8.49. The van der Waals surface area contributed by atoms with Crippen LogP contribution in [0, 0.1) is 10.1 Å². The summed E-state index contributed by atoms with van der Waals surface area (Å²) in [6.07, 6.45) is 0. The van der Waals surface area contributed by atoms with E-state index in [1.54, 1.807) is 0 Å². The predicted octanol–water partition coefficient (Wildman–Crippen LogP) is -5.05. The van der Waals surface area contributed by atoms with E-state index in [0.29, 0.717) is 0 Å². The summed E-state index contributed by atoms with van der Waals surface area (Å²) in [6, 6.07) is 0. The van der Waals surface area contributed by atoms with E-state index >= 15 is 0 Å². The Kier molecular flexibility index (Phi) is 31.1. The molecule has 7 heteroatoms. The van der Waals surface area contributed by atoms with Crippen molar-refractivity contribution in [2.45, 2.75) is 0 Å². The van der Waals surface area contributed by atoms with Gasteiger partial charge in [-0.05, 0) is 6.79 Å². The molecule has 0 aliphatic rings. The average Bonchev–Trinajstić information content (AvgIpc) is 1.33. The van der Waals surface area contributed by atoms with Gasteiger partial charge in [0.25, 0.3) is 5.09 Å². The summed E-state index contributed by atoms with van der Waals surface area (Å²) < 4.78 is 0. The van der Waals surface area contributed by atoms with Gasteiger partial charge in [-0.15, -0.1) is 10.1 Å². The van der Waals surface area contributed by atoms with E-state index in [-0.39, 0.29) is 51.4 Å². The second-order valence-electron chi connectivity index (χ2n) is 0.367. The van der Waals surface area contributed by atoms with Gasteiger partial charge in [0.2, 0.25) is 0 Å². The molecular weight excluding hydrogens is 145 g/mol. The van der Waals surface area contributed by atoms with E-state index < -0.39 is 11.9 Å². The fourth-order valence-electron chi connectivity index (χ4n) is 0. The molecule has 0 aliphatic heterocycles. The van der Waals surface area contributed by atoms with Crippen LogP contribution >= 0.6 is 0 Å². The summed E-state index contributed by atoms with van der Waals surface area (Å²) in [5.74, 6) is 0. The fraction of sp³-hybridized carbons (Fsp3) is 1.00. The van der Waals surface area contributed by atoms with Crippen LogP contribution in [0.2, 0.25) is 0 Å². The largest absolute Gasteiger partial charge is 1.00 e. The first-order chi connectivity index (χ1) is 3.15. The molecule has 0 atom stereocenters. The van der Waals surface area contributed by atoms with Crippen molar-refractivity contribution in [1.82, 2.24) is 0 Å². The Hall–Kier alpha value is 0.756. The zero-order valence-corrected chi connectivity index (χ0v) is 7.40. The SMILES string of the molecule is O=[N+]([O-])O.[K+].[O-]CO. The molecule has 44 valence electrons. The Balaban J connectivity index is -0.0000000575. The minimum Gasteiger partial charge on any atom is -0.834 e. The van der Waals surface area contributed by atoms with Gasteiger partial charge in [0, 0.05) is 0 Å². The van der Waals surface area contributed by atoms with Crippen LogP contribution in [0.15, 0.2) is 0 Å². The second kappa shape index (κ2) is 15.7. The van der Waals surface area contributed by atoms with Crippen molar-refractivity contribution in [3.63, 3.8) is 0 Å². The number of hydrogen-bond donors (Lipinski definition) is 2. The normalized spacial score (nSPS) is 5.25. The molecule has 0 aliphatic carbocycles. The first-order valence-electron chi connectivity index (χ1n) is 1.17. The van der Waals surface area contributed by atoms with Gasteiger partial charge in [-0.1, -0.05) is 0 Å². The fourth-order valence-corrected chi connectivity index (χ4v) is 0. The zero-order valence-electron chi connectivity index (χ0n) is 4.27. The van der Waals surface area contributed by atoms with Crippen LogP contribution in [0.5, 0.6) is 0 Å². The summed E-state index contributed by atoms with van der Waals surface area (Å²) in [4.78, 5) is 8.36. The topological polar surface area (TPSA) is 107 Å². The van der Waals surface area contributed by atoms with Crippen molar-refractivity contribution >= 4 is 0 Å². The van der Waals surface area contributed by atoms with Crippen LogP contribution in [-0.4, -0.2) is 22.2 Å². The maximum atomic E-state index is 8.49. The van der Waals surface area contributed by atoms with Crippen LogP contribution in [0.4, 0.5) is 0 Å². The van der Waals surface area contributed by atoms with Crippen molar-refractivity contribution in [2.24, 2.45) is 0 Å². The summed E-state index contributed by atoms with van der Waals surface area (Å²) in [5.41, 5.74) is 0. The smallest absolute Gasteiger partial charge is 0.834 e. The molecule has 0 amide bonds. The molecule has 0 fully saturated rings. The molecule has 6 nitrogen and oxygen atoms in total. The molecule has 0 rings (SSSR count). The summed E-state index contributed by atoms with van der Waals surface area (Å²) in [5, 5.41) is 29.1. The van der Waals surface area contributed by atoms with Crippen LogP contribution in [-0.2, 0) is 0 Å². The van der Waals surface area contributed by atoms with Crippen LogP contribution in [0.3, 0.4) is 0 Å².